The molecule has 0 aromatic heterocycles. The summed E-state index contributed by atoms with van der Waals surface area (Å²) in [6.45, 7) is 4.07. The van der Waals surface area contributed by atoms with Crippen molar-refractivity contribution in [3.05, 3.63) is 24.3 Å². The molecule has 20 heavy (non-hydrogen) atoms. The van der Waals surface area contributed by atoms with Gasteiger partial charge in [0.05, 0.1) is 12.6 Å². The second kappa shape index (κ2) is 7.75. The number of benzene rings is 1. The Morgan fingerprint density at radius 1 is 1.25 bits per heavy atom. The molecule has 5 nitrogen and oxygen atoms in total. The number of anilines is 2. The van der Waals surface area contributed by atoms with Gasteiger partial charge in [-0.05, 0) is 36.6 Å². The Balaban J connectivity index is 2.52. The molecule has 0 fully saturated rings. The van der Waals surface area contributed by atoms with Gasteiger partial charge >= 0.3 is 6.03 Å². The predicted octanol–water partition coefficient (Wildman–Crippen LogP) is 2.28. The summed E-state index contributed by atoms with van der Waals surface area (Å²) >= 11 is 0. The fourth-order valence-electron chi connectivity index (χ4n) is 1.94. The maximum atomic E-state index is 11.8. The average molecular weight is 279 g/mol. The average Bonchev–Trinajstić information content (AvgIpc) is 2.37. The topological polar surface area (TPSA) is 64.6 Å². The first-order valence-electron chi connectivity index (χ1n) is 6.88. The van der Waals surface area contributed by atoms with Crippen molar-refractivity contribution in [2.24, 2.45) is 5.92 Å². The molecule has 0 bridgehead atoms. The highest BCUT2D eigenvalue weighted by molar-refractivity contribution is 5.89. The highest BCUT2D eigenvalue weighted by atomic mass is 16.3. The number of amides is 2. The number of aliphatic hydroxyl groups is 1. The molecule has 112 valence electrons. The number of rotatable bonds is 6. The molecule has 0 saturated heterocycles. The van der Waals surface area contributed by atoms with E-state index in [0.29, 0.717) is 5.92 Å². The first-order chi connectivity index (χ1) is 9.42. The fraction of sp³-hybridized carbons (Fsp3) is 0.533. The van der Waals surface area contributed by atoms with Crippen LogP contribution in [0.3, 0.4) is 0 Å². The molecule has 2 amide bonds. The van der Waals surface area contributed by atoms with Crippen LogP contribution in [0.4, 0.5) is 16.2 Å². The Hall–Kier alpha value is -1.75. The van der Waals surface area contributed by atoms with E-state index in [1.165, 1.54) is 0 Å². The summed E-state index contributed by atoms with van der Waals surface area (Å²) in [6, 6.07) is 7.08. The van der Waals surface area contributed by atoms with E-state index in [9.17, 15) is 9.90 Å². The summed E-state index contributed by atoms with van der Waals surface area (Å²) < 4.78 is 0. The Labute approximate surface area is 121 Å². The van der Waals surface area contributed by atoms with Gasteiger partial charge in [0.15, 0.2) is 0 Å². The molecule has 1 atom stereocenters. The molecular weight excluding hydrogens is 254 g/mol. The van der Waals surface area contributed by atoms with E-state index in [2.05, 4.69) is 24.5 Å². The van der Waals surface area contributed by atoms with Crippen LogP contribution < -0.4 is 15.5 Å². The lowest BCUT2D eigenvalue weighted by atomic mass is 10.0. The van der Waals surface area contributed by atoms with Crippen LogP contribution in [0, 0.1) is 5.92 Å². The van der Waals surface area contributed by atoms with E-state index in [1.807, 2.05) is 43.3 Å². The van der Waals surface area contributed by atoms with Crippen LogP contribution >= 0.6 is 0 Å². The number of nitrogens with zero attached hydrogens (tertiary/aromatic N) is 1. The second-order valence-corrected chi connectivity index (χ2v) is 5.55. The highest BCUT2D eigenvalue weighted by Crippen LogP contribution is 2.15. The number of hydrogen-bond acceptors (Lipinski definition) is 3. The molecule has 1 rings (SSSR count). The Morgan fingerprint density at radius 2 is 1.85 bits per heavy atom. The van der Waals surface area contributed by atoms with Crippen LogP contribution in [0.5, 0.6) is 0 Å². The minimum absolute atomic E-state index is 0.0504. The fourth-order valence-corrected chi connectivity index (χ4v) is 1.94. The molecule has 0 aliphatic carbocycles. The normalized spacial score (nSPS) is 12.1. The largest absolute Gasteiger partial charge is 0.394 e. The van der Waals surface area contributed by atoms with Gasteiger partial charge in [0.2, 0.25) is 0 Å². The van der Waals surface area contributed by atoms with Crippen molar-refractivity contribution in [2.75, 3.05) is 30.9 Å². The van der Waals surface area contributed by atoms with Gasteiger partial charge in [0.25, 0.3) is 0 Å². The van der Waals surface area contributed by atoms with Crippen LogP contribution in [0.2, 0.25) is 0 Å². The van der Waals surface area contributed by atoms with Gasteiger partial charge in [-0.1, -0.05) is 13.8 Å². The Bertz CT molecular complexity index is 416. The Kier molecular flexibility index (Phi) is 6.31. The summed E-state index contributed by atoms with van der Waals surface area (Å²) in [5.41, 5.74) is 1.80. The lowest BCUT2D eigenvalue weighted by molar-refractivity contribution is 0.214. The van der Waals surface area contributed by atoms with E-state index in [0.717, 1.165) is 17.8 Å². The smallest absolute Gasteiger partial charge is 0.319 e. The summed E-state index contributed by atoms with van der Waals surface area (Å²) in [6.07, 6.45) is 0.753. The van der Waals surface area contributed by atoms with E-state index in [-0.39, 0.29) is 18.7 Å². The van der Waals surface area contributed by atoms with Gasteiger partial charge in [-0.25, -0.2) is 4.79 Å². The van der Waals surface area contributed by atoms with Crippen LogP contribution in [-0.2, 0) is 0 Å². The Morgan fingerprint density at radius 3 is 2.30 bits per heavy atom. The zero-order chi connectivity index (χ0) is 15.1. The number of carbonyl (C=O) groups excluding carboxylic acids is 1. The number of carbonyl (C=O) groups is 1. The van der Waals surface area contributed by atoms with Gasteiger partial charge in [-0.2, -0.15) is 0 Å². The highest BCUT2D eigenvalue weighted by Gasteiger charge is 2.12. The predicted molar refractivity (Wildman–Crippen MR) is 83.3 cm³/mol. The van der Waals surface area contributed by atoms with Crippen LogP contribution in [0.1, 0.15) is 20.3 Å². The molecule has 0 aliphatic heterocycles. The number of hydrogen-bond donors (Lipinski definition) is 3. The lowest BCUT2D eigenvalue weighted by Gasteiger charge is -2.19. The minimum Gasteiger partial charge on any atom is -0.394 e. The van der Waals surface area contributed by atoms with E-state index < -0.39 is 0 Å². The molecule has 0 heterocycles. The van der Waals surface area contributed by atoms with Crippen molar-refractivity contribution >= 4 is 17.4 Å². The molecule has 1 aromatic rings. The van der Waals surface area contributed by atoms with Gasteiger partial charge in [0.1, 0.15) is 0 Å². The monoisotopic (exact) mass is 279 g/mol. The molecule has 0 saturated carbocycles. The molecule has 5 heteroatoms. The van der Waals surface area contributed by atoms with Crippen molar-refractivity contribution < 1.29 is 9.90 Å². The molecule has 1 unspecified atom stereocenters. The summed E-state index contributed by atoms with van der Waals surface area (Å²) in [5, 5.41) is 14.8. The molecule has 0 aliphatic rings. The summed E-state index contributed by atoms with van der Waals surface area (Å²) in [5.74, 6) is 0.423. The molecular formula is C15H25N3O2. The van der Waals surface area contributed by atoms with Crippen molar-refractivity contribution in [2.45, 2.75) is 26.3 Å². The second-order valence-electron chi connectivity index (χ2n) is 5.55. The summed E-state index contributed by atoms with van der Waals surface area (Å²) in [4.78, 5) is 13.8. The SMILES string of the molecule is CC(C)CC(CO)NC(=O)Nc1ccc(N(C)C)cc1. The summed E-state index contributed by atoms with van der Waals surface area (Å²) in [7, 11) is 3.93. The minimum atomic E-state index is -0.290. The van der Waals surface area contributed by atoms with Gasteiger partial charge in [0, 0.05) is 25.5 Å². The van der Waals surface area contributed by atoms with Crippen LogP contribution in [0.15, 0.2) is 24.3 Å². The van der Waals surface area contributed by atoms with Crippen molar-refractivity contribution in [1.82, 2.24) is 5.32 Å². The molecule has 0 radical (unpaired) electrons. The standard InChI is InChI=1S/C15H25N3O2/c1-11(2)9-13(10-19)17-15(20)16-12-5-7-14(8-6-12)18(3)4/h5-8,11,13,19H,9-10H2,1-4H3,(H2,16,17,20). The first-order valence-corrected chi connectivity index (χ1v) is 6.88. The lowest BCUT2D eigenvalue weighted by Crippen LogP contribution is -2.40. The maximum absolute atomic E-state index is 11.8. The van der Waals surface area contributed by atoms with Crippen molar-refractivity contribution in [3.8, 4) is 0 Å². The maximum Gasteiger partial charge on any atom is 0.319 e. The molecule has 1 aromatic carbocycles. The van der Waals surface area contributed by atoms with Crippen molar-refractivity contribution in [1.29, 1.82) is 0 Å². The zero-order valence-electron chi connectivity index (χ0n) is 12.7. The molecule has 0 spiro atoms. The third-order valence-electron chi connectivity index (χ3n) is 2.95. The van der Waals surface area contributed by atoms with Crippen LogP contribution in [0.25, 0.3) is 0 Å². The van der Waals surface area contributed by atoms with Gasteiger partial charge < -0.3 is 20.6 Å². The van der Waals surface area contributed by atoms with Gasteiger partial charge in [-0.15, -0.1) is 0 Å². The first kappa shape index (κ1) is 16.3. The van der Waals surface area contributed by atoms with Gasteiger partial charge in [-0.3, -0.25) is 0 Å². The van der Waals surface area contributed by atoms with E-state index in [4.69, 9.17) is 0 Å². The molecule has 3 N–H and O–H groups in total. The van der Waals surface area contributed by atoms with E-state index >= 15 is 0 Å². The van der Waals surface area contributed by atoms with E-state index in [1.54, 1.807) is 0 Å². The van der Waals surface area contributed by atoms with Crippen molar-refractivity contribution in [3.63, 3.8) is 0 Å². The number of aliphatic hydroxyl groups excluding tert-OH is 1. The number of nitrogens with one attached hydrogen (secondary N) is 2. The zero-order valence-corrected chi connectivity index (χ0v) is 12.7. The van der Waals surface area contributed by atoms with Crippen LogP contribution in [-0.4, -0.2) is 37.9 Å². The quantitative estimate of drug-likeness (QED) is 0.748. The third-order valence-corrected chi connectivity index (χ3v) is 2.95. The third kappa shape index (κ3) is 5.48. The number of urea groups is 1.